The Hall–Kier alpha value is -4.47. The number of piperidine rings is 1. The van der Waals surface area contributed by atoms with Crippen molar-refractivity contribution in [2.75, 3.05) is 58.3 Å². The van der Waals surface area contributed by atoms with Crippen LogP contribution in [0.2, 0.25) is 0 Å². The lowest BCUT2D eigenvalue weighted by molar-refractivity contribution is -0.0505. The van der Waals surface area contributed by atoms with Crippen molar-refractivity contribution in [2.45, 2.75) is 90.1 Å². The van der Waals surface area contributed by atoms with Gasteiger partial charge in [-0.25, -0.2) is 18.0 Å². The van der Waals surface area contributed by atoms with Crippen LogP contribution >= 0.6 is 0 Å². The molecule has 302 valence electrons. The van der Waals surface area contributed by atoms with Gasteiger partial charge in [0.1, 0.15) is 46.0 Å². The van der Waals surface area contributed by atoms with Crippen molar-refractivity contribution in [3.8, 4) is 23.0 Å². The fourth-order valence-corrected chi connectivity index (χ4v) is 8.58. The van der Waals surface area contributed by atoms with Gasteiger partial charge in [0.25, 0.3) is 0 Å². The highest BCUT2D eigenvalue weighted by Gasteiger charge is 2.53. The van der Waals surface area contributed by atoms with E-state index in [1.165, 1.54) is 24.3 Å². The van der Waals surface area contributed by atoms with Gasteiger partial charge in [0.05, 0.1) is 38.3 Å². The van der Waals surface area contributed by atoms with Gasteiger partial charge in [0.15, 0.2) is 12.6 Å². The predicted molar refractivity (Wildman–Crippen MR) is 204 cm³/mol. The van der Waals surface area contributed by atoms with Crippen LogP contribution < -0.4 is 14.4 Å². The molecule has 0 unspecified atom stereocenters. The number of amides is 1. The Morgan fingerprint density at radius 1 is 1.16 bits per heavy atom. The molecule has 0 radical (unpaired) electrons. The molecular weight excluding hydrogens is 731 g/mol. The first kappa shape index (κ1) is 39.8. The quantitative estimate of drug-likeness (QED) is 0.174. The Bertz CT molecular complexity index is 2110. The van der Waals surface area contributed by atoms with E-state index >= 15 is 13.2 Å². The molecule has 1 amide bonds. The zero-order valence-electron chi connectivity index (χ0n) is 32.8. The molecule has 4 heterocycles. The summed E-state index contributed by atoms with van der Waals surface area (Å²) >= 11 is 0. The molecule has 2 saturated heterocycles. The first-order chi connectivity index (χ1) is 26.6. The summed E-state index contributed by atoms with van der Waals surface area (Å²) in [6.07, 6.45) is 2.06. The number of benzene rings is 2. The first-order valence-corrected chi connectivity index (χ1v) is 19.2. The van der Waals surface area contributed by atoms with E-state index in [-0.39, 0.29) is 80.6 Å². The number of alkyl halides is 1. The molecule has 2 aromatic heterocycles. The van der Waals surface area contributed by atoms with Gasteiger partial charge in [-0.2, -0.15) is 9.97 Å². The Kier molecular flexibility index (Phi) is 11.0. The van der Waals surface area contributed by atoms with E-state index in [4.69, 9.17) is 28.7 Å². The van der Waals surface area contributed by atoms with Crippen LogP contribution in [0.5, 0.6) is 11.8 Å². The zero-order valence-corrected chi connectivity index (χ0v) is 32.8. The highest BCUT2D eigenvalue weighted by Crippen LogP contribution is 2.49. The van der Waals surface area contributed by atoms with Crippen molar-refractivity contribution in [3.63, 3.8) is 0 Å². The molecule has 0 bridgehead atoms. The second-order valence-electron chi connectivity index (χ2n) is 16.5. The molecule has 1 aliphatic carbocycles. The van der Waals surface area contributed by atoms with Crippen molar-refractivity contribution in [3.05, 3.63) is 47.7 Å². The second-order valence-corrected chi connectivity index (χ2v) is 16.5. The Morgan fingerprint density at radius 2 is 1.96 bits per heavy atom. The molecule has 7 rings (SSSR count). The zero-order chi connectivity index (χ0) is 40.0. The number of likely N-dealkylation sites (tertiary alicyclic amines) is 1. The summed E-state index contributed by atoms with van der Waals surface area (Å²) in [5, 5.41) is 12.5. The molecule has 3 fully saturated rings. The van der Waals surface area contributed by atoms with Crippen LogP contribution in [0.3, 0.4) is 0 Å². The lowest BCUT2D eigenvalue weighted by Crippen LogP contribution is -2.58. The maximum Gasteiger partial charge on any atom is 0.410 e. The normalized spacial score (nSPS) is 24.3. The van der Waals surface area contributed by atoms with Gasteiger partial charge >= 0.3 is 12.1 Å². The van der Waals surface area contributed by atoms with Gasteiger partial charge in [0.2, 0.25) is 0 Å². The average molecular weight is 782 g/mol. The van der Waals surface area contributed by atoms with Gasteiger partial charge < -0.3 is 38.6 Å². The van der Waals surface area contributed by atoms with Gasteiger partial charge in [0, 0.05) is 36.9 Å². The number of nitrogens with zero attached hydrogens (tertiary/aromatic N) is 5. The number of halogens is 3. The lowest BCUT2D eigenvalue weighted by atomic mass is 9.75. The summed E-state index contributed by atoms with van der Waals surface area (Å²) in [5.74, 6) is -0.608. The fourth-order valence-electron chi connectivity index (χ4n) is 8.58. The SMILES string of the molecule is CCc1c(F)ccc2cc(OCOC)cc(-c3ncc4c(N5CCOC[C@@](C)(O)C5)nc(OC[C@]56CCC[C@H]5N(C(=O)OC(C)(C)C)C[C@@H](F)C6)nc4c3F)c12. The Morgan fingerprint density at radius 3 is 2.71 bits per heavy atom. The van der Waals surface area contributed by atoms with Crippen LogP contribution in [0.15, 0.2) is 30.5 Å². The third kappa shape index (κ3) is 7.90. The van der Waals surface area contributed by atoms with E-state index in [0.717, 1.165) is 6.42 Å². The number of pyridine rings is 1. The van der Waals surface area contributed by atoms with Crippen molar-refractivity contribution in [1.29, 1.82) is 0 Å². The number of carbonyl (C=O) groups excluding carboxylic acids is 1. The van der Waals surface area contributed by atoms with Crippen LogP contribution in [-0.4, -0.2) is 108 Å². The number of aliphatic hydroxyl groups is 1. The predicted octanol–water partition coefficient (Wildman–Crippen LogP) is 7.15. The molecule has 3 aliphatic rings. The van der Waals surface area contributed by atoms with Crippen LogP contribution in [0.25, 0.3) is 32.9 Å². The highest BCUT2D eigenvalue weighted by molar-refractivity contribution is 6.01. The highest BCUT2D eigenvalue weighted by atomic mass is 19.1. The van der Waals surface area contributed by atoms with E-state index in [9.17, 15) is 9.90 Å². The minimum absolute atomic E-state index is 0.0363. The first-order valence-electron chi connectivity index (χ1n) is 19.2. The van der Waals surface area contributed by atoms with Crippen LogP contribution in [0.4, 0.5) is 23.8 Å². The molecular formula is C41H50F3N5O7. The van der Waals surface area contributed by atoms with E-state index in [2.05, 4.69) is 9.97 Å². The van der Waals surface area contributed by atoms with Crippen molar-refractivity contribution in [2.24, 2.45) is 5.41 Å². The standard InChI is InChI=1S/C41H50F3N5O7/c1-7-27-30(43)11-10-24-15-26(55-23-52-6)16-28(32(24)27)34-33(44)35-29(18-45-34)36(48-13-14-53-21-40(5,51)20-48)47-37(46-35)54-22-41-12-8-9-31(41)49(19-25(42)17-41)38(50)56-39(2,3)4/h10-11,15-16,18,25,31,51H,7-9,12-14,17,19-23H2,1-6H3/t25-,31+,40-,41+/m0/s1. The number of anilines is 1. The molecule has 2 aliphatic heterocycles. The van der Waals surface area contributed by atoms with E-state index in [1.807, 2.05) is 6.92 Å². The van der Waals surface area contributed by atoms with Crippen molar-refractivity contribution >= 4 is 33.6 Å². The van der Waals surface area contributed by atoms with Gasteiger partial charge in [-0.05, 0) is 87.9 Å². The number of hydrogen-bond acceptors (Lipinski definition) is 11. The Labute approximate surface area is 324 Å². The van der Waals surface area contributed by atoms with Crippen molar-refractivity contribution in [1.82, 2.24) is 19.9 Å². The molecule has 1 N–H and O–H groups in total. The summed E-state index contributed by atoms with van der Waals surface area (Å²) in [5.41, 5.74) is -2.31. The lowest BCUT2D eigenvalue weighted by Gasteiger charge is -2.47. The minimum Gasteiger partial charge on any atom is -0.468 e. The topological polar surface area (TPSA) is 129 Å². The summed E-state index contributed by atoms with van der Waals surface area (Å²) in [4.78, 5) is 30.6. The average Bonchev–Trinajstić information content (AvgIpc) is 3.47. The van der Waals surface area contributed by atoms with Crippen molar-refractivity contribution < 1.29 is 46.8 Å². The molecule has 15 heteroatoms. The number of carbonyl (C=O) groups is 1. The molecule has 2 aromatic carbocycles. The van der Waals surface area contributed by atoms with E-state index in [1.54, 1.807) is 50.8 Å². The summed E-state index contributed by atoms with van der Waals surface area (Å²) < 4.78 is 76.8. The van der Waals surface area contributed by atoms with Crippen LogP contribution in [0.1, 0.15) is 65.9 Å². The third-order valence-electron chi connectivity index (χ3n) is 10.9. The number of aryl methyl sites for hydroxylation is 1. The number of aromatic nitrogens is 3. The number of β-amino-alcohol motifs (C(OH)–C–C–N with tert-alkyl or cyclic N) is 1. The van der Waals surface area contributed by atoms with Crippen LogP contribution in [0, 0.1) is 17.0 Å². The number of rotatable bonds is 9. The molecule has 4 atom stereocenters. The molecule has 56 heavy (non-hydrogen) atoms. The van der Waals surface area contributed by atoms with E-state index in [0.29, 0.717) is 53.5 Å². The third-order valence-corrected chi connectivity index (χ3v) is 10.9. The second kappa shape index (κ2) is 15.5. The number of ether oxygens (including phenoxy) is 5. The minimum atomic E-state index is -1.31. The summed E-state index contributed by atoms with van der Waals surface area (Å²) in [7, 11) is 1.48. The number of fused-ring (bicyclic) bond motifs is 3. The smallest absolute Gasteiger partial charge is 0.410 e. The molecule has 4 aromatic rings. The van der Waals surface area contributed by atoms with Gasteiger partial charge in [-0.1, -0.05) is 19.4 Å². The number of hydrogen-bond donors (Lipinski definition) is 1. The maximum atomic E-state index is 17.3. The molecule has 0 spiro atoms. The molecule has 1 saturated carbocycles. The van der Waals surface area contributed by atoms with E-state index < -0.39 is 40.5 Å². The maximum absolute atomic E-state index is 17.3. The number of methoxy groups -OCH3 is 1. The monoisotopic (exact) mass is 781 g/mol. The summed E-state index contributed by atoms with van der Waals surface area (Å²) in [6.45, 7) is 9.36. The summed E-state index contributed by atoms with van der Waals surface area (Å²) in [6, 6.07) is 5.81. The van der Waals surface area contributed by atoms with Crippen LogP contribution in [-0.2, 0) is 20.6 Å². The molecule has 12 nitrogen and oxygen atoms in total. The Balaban J connectivity index is 1.35. The largest absolute Gasteiger partial charge is 0.468 e. The fraction of sp³-hybridized carbons (Fsp3) is 0.561. The van der Waals surface area contributed by atoms with Gasteiger partial charge in [-0.3, -0.25) is 4.98 Å². The van der Waals surface area contributed by atoms with Gasteiger partial charge in [-0.15, -0.1) is 0 Å².